The minimum absolute atomic E-state index is 0.448. The normalized spacial score (nSPS) is 28.1. The number of hydrogen-bond acceptors (Lipinski definition) is 4. The molecule has 2 unspecified atom stereocenters. The fourth-order valence-electron chi connectivity index (χ4n) is 2.45. The molecule has 0 saturated heterocycles. The summed E-state index contributed by atoms with van der Waals surface area (Å²) in [5.74, 6) is 0. The zero-order chi connectivity index (χ0) is 13.1. The lowest BCUT2D eigenvalue weighted by atomic mass is 10.1. The molecule has 2 atom stereocenters. The van der Waals surface area contributed by atoms with Crippen molar-refractivity contribution in [1.29, 1.82) is 5.26 Å². The average Bonchev–Trinajstić information content (AvgIpc) is 2.94. The van der Waals surface area contributed by atoms with Gasteiger partial charge in [0.15, 0.2) is 9.84 Å². The van der Waals surface area contributed by atoms with Gasteiger partial charge in [-0.1, -0.05) is 13.8 Å². The first-order valence-corrected chi connectivity index (χ1v) is 8.17. The van der Waals surface area contributed by atoms with E-state index in [1.165, 1.54) is 6.26 Å². The Bertz CT molecular complexity index is 393. The molecule has 0 spiro atoms. The van der Waals surface area contributed by atoms with Crippen LogP contribution in [-0.4, -0.2) is 44.5 Å². The summed E-state index contributed by atoms with van der Waals surface area (Å²) in [6.07, 6.45) is 3.81. The zero-order valence-electron chi connectivity index (χ0n) is 10.9. The van der Waals surface area contributed by atoms with Gasteiger partial charge in [0.05, 0.1) is 16.7 Å². The fraction of sp³-hybridized carbons (Fsp3) is 0.917. The molecule has 0 aromatic heterocycles. The Morgan fingerprint density at radius 1 is 1.35 bits per heavy atom. The van der Waals surface area contributed by atoms with Gasteiger partial charge in [0.2, 0.25) is 0 Å². The smallest absolute Gasteiger partial charge is 0.151 e. The van der Waals surface area contributed by atoms with Gasteiger partial charge in [-0.05, 0) is 32.4 Å². The third-order valence-electron chi connectivity index (χ3n) is 3.33. The second kappa shape index (κ2) is 5.36. The molecule has 98 valence electrons. The summed E-state index contributed by atoms with van der Waals surface area (Å²) >= 11 is 0. The molecule has 5 heteroatoms. The van der Waals surface area contributed by atoms with E-state index >= 15 is 0 Å². The minimum Gasteiger partial charge on any atom is -0.302 e. The zero-order valence-corrected chi connectivity index (χ0v) is 11.8. The average molecular weight is 258 g/mol. The van der Waals surface area contributed by atoms with E-state index in [4.69, 9.17) is 0 Å². The van der Waals surface area contributed by atoms with Crippen LogP contribution in [0.2, 0.25) is 0 Å². The maximum absolute atomic E-state index is 11.5. The second-order valence-corrected chi connectivity index (χ2v) is 7.29. The van der Waals surface area contributed by atoms with Crippen molar-refractivity contribution >= 4 is 9.84 Å². The fourth-order valence-corrected chi connectivity index (χ4v) is 4.00. The summed E-state index contributed by atoms with van der Waals surface area (Å²) in [6.45, 7) is 6.68. The minimum atomic E-state index is -3.07. The van der Waals surface area contributed by atoms with Gasteiger partial charge in [-0.3, -0.25) is 0 Å². The van der Waals surface area contributed by atoms with Crippen LogP contribution in [0.25, 0.3) is 0 Å². The monoisotopic (exact) mass is 258 g/mol. The molecule has 0 heterocycles. The largest absolute Gasteiger partial charge is 0.302 e. The van der Waals surface area contributed by atoms with Crippen molar-refractivity contribution in [3.63, 3.8) is 0 Å². The summed E-state index contributed by atoms with van der Waals surface area (Å²) in [7, 11) is -3.07. The highest BCUT2D eigenvalue weighted by atomic mass is 32.2. The Hall–Kier alpha value is -0.600. The molecule has 4 nitrogen and oxygen atoms in total. The SMILES string of the molecule is CCCN(CCC)CC1(C#N)CC1S(C)(=O)=O. The number of hydrogen-bond donors (Lipinski definition) is 0. The van der Waals surface area contributed by atoms with Crippen LogP contribution in [0.4, 0.5) is 0 Å². The molecule has 0 N–H and O–H groups in total. The van der Waals surface area contributed by atoms with Crippen LogP contribution < -0.4 is 0 Å². The maximum Gasteiger partial charge on any atom is 0.151 e. The third-order valence-corrected chi connectivity index (χ3v) is 4.98. The van der Waals surface area contributed by atoms with E-state index in [1.807, 2.05) is 0 Å². The highest BCUT2D eigenvalue weighted by Crippen LogP contribution is 2.50. The van der Waals surface area contributed by atoms with Crippen molar-refractivity contribution in [1.82, 2.24) is 4.90 Å². The van der Waals surface area contributed by atoms with Crippen LogP contribution in [0, 0.1) is 16.7 Å². The van der Waals surface area contributed by atoms with Crippen molar-refractivity contribution in [2.75, 3.05) is 25.9 Å². The predicted octanol–water partition coefficient (Wildman–Crippen LogP) is 1.44. The second-order valence-electron chi connectivity index (χ2n) is 5.07. The standard InChI is InChI=1S/C12H22N2O2S/c1-4-6-14(7-5-2)10-12(9-13)8-11(12)17(3,15)16/h11H,4-8,10H2,1-3H3. The van der Waals surface area contributed by atoms with Crippen LogP contribution in [0.1, 0.15) is 33.1 Å². The van der Waals surface area contributed by atoms with Crippen molar-refractivity contribution in [2.45, 2.75) is 38.4 Å². The lowest BCUT2D eigenvalue weighted by molar-refractivity contribution is 0.243. The van der Waals surface area contributed by atoms with Crippen molar-refractivity contribution in [3.05, 3.63) is 0 Å². The molecule has 0 aromatic rings. The quantitative estimate of drug-likeness (QED) is 0.693. The molecule has 0 bridgehead atoms. The molecule has 0 radical (unpaired) electrons. The van der Waals surface area contributed by atoms with E-state index in [9.17, 15) is 13.7 Å². The Labute approximate surface area is 105 Å². The predicted molar refractivity (Wildman–Crippen MR) is 68.3 cm³/mol. The molecule has 0 aliphatic heterocycles. The van der Waals surface area contributed by atoms with E-state index in [1.54, 1.807) is 0 Å². The van der Waals surface area contributed by atoms with E-state index in [0.29, 0.717) is 13.0 Å². The molecule has 1 aliphatic rings. The highest BCUT2D eigenvalue weighted by molar-refractivity contribution is 7.91. The summed E-state index contributed by atoms with van der Waals surface area (Å²) in [5, 5.41) is 8.79. The highest BCUT2D eigenvalue weighted by Gasteiger charge is 2.61. The number of nitriles is 1. The molecule has 17 heavy (non-hydrogen) atoms. The van der Waals surface area contributed by atoms with E-state index < -0.39 is 20.5 Å². The Kier molecular flexibility index (Phi) is 4.56. The first-order chi connectivity index (χ1) is 7.89. The van der Waals surface area contributed by atoms with Gasteiger partial charge in [-0.25, -0.2) is 8.42 Å². The van der Waals surface area contributed by atoms with Gasteiger partial charge in [0.1, 0.15) is 0 Å². The summed E-state index contributed by atoms with van der Waals surface area (Å²) in [4.78, 5) is 2.22. The maximum atomic E-state index is 11.5. The van der Waals surface area contributed by atoms with Crippen LogP contribution >= 0.6 is 0 Å². The Balaban J connectivity index is 2.69. The molecule has 1 fully saturated rings. The molecule has 0 amide bonds. The van der Waals surface area contributed by atoms with E-state index in [-0.39, 0.29) is 0 Å². The first-order valence-electron chi connectivity index (χ1n) is 6.22. The molecule has 1 saturated carbocycles. The molecule has 1 rings (SSSR count). The van der Waals surface area contributed by atoms with Gasteiger partial charge in [0, 0.05) is 12.8 Å². The molecular weight excluding hydrogens is 236 g/mol. The summed E-state index contributed by atoms with van der Waals surface area (Å²) < 4.78 is 23.0. The van der Waals surface area contributed by atoms with Gasteiger partial charge in [-0.2, -0.15) is 5.26 Å². The Morgan fingerprint density at radius 2 is 1.88 bits per heavy atom. The van der Waals surface area contributed by atoms with Crippen LogP contribution in [0.15, 0.2) is 0 Å². The van der Waals surface area contributed by atoms with E-state index in [2.05, 4.69) is 24.8 Å². The number of rotatable bonds is 7. The van der Waals surface area contributed by atoms with Crippen molar-refractivity contribution in [3.8, 4) is 6.07 Å². The number of nitrogens with zero attached hydrogens (tertiary/aromatic N) is 2. The van der Waals surface area contributed by atoms with Crippen molar-refractivity contribution in [2.24, 2.45) is 5.41 Å². The van der Waals surface area contributed by atoms with Crippen LogP contribution in [0.3, 0.4) is 0 Å². The van der Waals surface area contributed by atoms with Gasteiger partial charge in [-0.15, -0.1) is 0 Å². The van der Waals surface area contributed by atoms with Crippen LogP contribution in [-0.2, 0) is 9.84 Å². The van der Waals surface area contributed by atoms with Gasteiger partial charge < -0.3 is 4.90 Å². The third kappa shape index (κ3) is 3.43. The summed E-state index contributed by atoms with van der Waals surface area (Å²) in [5.41, 5.74) is -0.641. The van der Waals surface area contributed by atoms with E-state index in [0.717, 1.165) is 25.9 Å². The Morgan fingerprint density at radius 3 is 2.18 bits per heavy atom. The number of sulfone groups is 1. The van der Waals surface area contributed by atoms with Gasteiger partial charge >= 0.3 is 0 Å². The molecular formula is C12H22N2O2S. The lowest BCUT2D eigenvalue weighted by Gasteiger charge is -2.23. The molecule has 1 aliphatic carbocycles. The molecule has 0 aromatic carbocycles. The van der Waals surface area contributed by atoms with Crippen molar-refractivity contribution < 1.29 is 8.42 Å². The topological polar surface area (TPSA) is 61.2 Å². The summed E-state index contributed by atoms with van der Waals surface area (Å²) in [6, 6.07) is 2.24. The van der Waals surface area contributed by atoms with Crippen LogP contribution in [0.5, 0.6) is 0 Å². The first kappa shape index (κ1) is 14.5. The van der Waals surface area contributed by atoms with Gasteiger partial charge in [0.25, 0.3) is 0 Å². The lowest BCUT2D eigenvalue weighted by Crippen LogP contribution is -2.33.